The van der Waals surface area contributed by atoms with E-state index < -0.39 is 23.5 Å². The second-order valence-electron chi connectivity index (χ2n) is 12.0. The molecule has 2 atom stereocenters. The van der Waals surface area contributed by atoms with Gasteiger partial charge in [0.1, 0.15) is 61.4 Å². The largest absolute Gasteiger partial charge is 0.491 e. The van der Waals surface area contributed by atoms with E-state index in [1.807, 2.05) is 50.2 Å². The highest BCUT2D eigenvalue weighted by molar-refractivity contribution is 5.53. The van der Waals surface area contributed by atoms with E-state index in [0.29, 0.717) is 11.6 Å². The van der Waals surface area contributed by atoms with Crippen molar-refractivity contribution in [3.8, 4) is 11.6 Å². The Kier molecular flexibility index (Phi) is 8.62. The van der Waals surface area contributed by atoms with Crippen molar-refractivity contribution in [1.29, 1.82) is 0 Å². The van der Waals surface area contributed by atoms with Crippen molar-refractivity contribution in [1.82, 2.24) is 34.1 Å². The molecule has 0 aliphatic carbocycles. The molecule has 0 unspecified atom stereocenters. The molecule has 15 heteroatoms. The molecule has 0 radical (unpaired) electrons. The maximum atomic E-state index is 14.9. The number of rotatable bonds is 10. The Morgan fingerprint density at radius 2 is 1.71 bits per heavy atom. The first-order chi connectivity index (χ1) is 23.3. The number of benzene rings is 2. The molecule has 0 amide bonds. The van der Waals surface area contributed by atoms with Crippen LogP contribution in [-0.4, -0.2) is 79.6 Å². The zero-order valence-electron chi connectivity index (χ0n) is 26.5. The number of pyridine rings is 1. The Morgan fingerprint density at radius 3 is 2.35 bits per heavy atom. The minimum absolute atomic E-state index is 0.0267. The molecule has 5 aromatic rings. The maximum absolute atomic E-state index is 14.9. The van der Waals surface area contributed by atoms with Crippen molar-refractivity contribution in [2.45, 2.75) is 38.3 Å². The van der Waals surface area contributed by atoms with Gasteiger partial charge in [0.15, 0.2) is 0 Å². The maximum Gasteiger partial charge on any atom is 0.351 e. The van der Waals surface area contributed by atoms with Crippen molar-refractivity contribution < 1.29 is 23.0 Å². The van der Waals surface area contributed by atoms with Gasteiger partial charge in [-0.1, -0.05) is 0 Å². The van der Waals surface area contributed by atoms with Crippen LogP contribution in [0.3, 0.4) is 0 Å². The molecule has 13 nitrogen and oxygen atoms in total. The molecule has 2 aliphatic rings. The molecule has 2 saturated heterocycles. The average Bonchev–Trinajstić information content (AvgIpc) is 3.85. The summed E-state index contributed by atoms with van der Waals surface area (Å²) in [5, 5.41) is 8.27. The number of ether oxygens (including phenoxy) is 3. The lowest BCUT2D eigenvalue weighted by Crippen LogP contribution is -2.46. The summed E-state index contributed by atoms with van der Waals surface area (Å²) in [4.78, 5) is 25.6. The van der Waals surface area contributed by atoms with Crippen molar-refractivity contribution in [3.63, 3.8) is 0 Å². The molecule has 250 valence electrons. The van der Waals surface area contributed by atoms with Crippen molar-refractivity contribution >= 4 is 11.4 Å². The Labute approximate surface area is 274 Å². The van der Waals surface area contributed by atoms with Crippen LogP contribution in [0, 0.1) is 11.6 Å². The molecule has 3 aromatic heterocycles. The van der Waals surface area contributed by atoms with Crippen molar-refractivity contribution in [3.05, 3.63) is 107 Å². The number of hydrogen-bond acceptors (Lipinski definition) is 10. The van der Waals surface area contributed by atoms with E-state index >= 15 is 0 Å². The van der Waals surface area contributed by atoms with Gasteiger partial charge in [0.05, 0.1) is 24.5 Å². The minimum Gasteiger partial charge on any atom is -0.491 e. The lowest BCUT2D eigenvalue weighted by Gasteiger charge is -2.37. The van der Waals surface area contributed by atoms with Gasteiger partial charge in [0, 0.05) is 43.5 Å². The predicted molar refractivity (Wildman–Crippen MR) is 171 cm³/mol. The summed E-state index contributed by atoms with van der Waals surface area (Å²) in [5.41, 5.74) is 1.94. The first-order valence-corrected chi connectivity index (χ1v) is 15.7. The fraction of sp³-hybridized carbons (Fsp3) is 0.364. The normalized spacial score (nSPS) is 19.7. The first-order valence-electron chi connectivity index (χ1n) is 15.7. The molecule has 2 aliphatic heterocycles. The SMILES string of the molecule is CC(C)n1ncn(-c2ccc(N3CCN(c4ccc(OC[C@H]5CO[C@](Cn6cncn6)(c6ccc(F)cc6F)O5)cc4)CC3)cn2)c1=O. The number of nitrogens with zero attached hydrogens (tertiary/aromatic N) is 9. The molecule has 0 saturated carbocycles. The molecule has 0 bridgehead atoms. The van der Waals surface area contributed by atoms with Crippen LogP contribution in [0.25, 0.3) is 5.82 Å². The van der Waals surface area contributed by atoms with Gasteiger partial charge >= 0.3 is 5.69 Å². The number of aromatic nitrogens is 7. The Morgan fingerprint density at radius 1 is 0.958 bits per heavy atom. The summed E-state index contributed by atoms with van der Waals surface area (Å²) in [7, 11) is 0. The van der Waals surface area contributed by atoms with E-state index in [1.54, 1.807) is 6.20 Å². The number of halogens is 2. The topological polar surface area (TPSA) is 118 Å². The fourth-order valence-corrected chi connectivity index (χ4v) is 5.98. The van der Waals surface area contributed by atoms with E-state index in [9.17, 15) is 13.6 Å². The van der Waals surface area contributed by atoms with E-state index in [2.05, 4.69) is 30.0 Å². The van der Waals surface area contributed by atoms with Gasteiger partial charge < -0.3 is 24.0 Å². The van der Waals surface area contributed by atoms with E-state index in [1.165, 1.54) is 45.0 Å². The molecular weight excluding hydrogens is 624 g/mol. The van der Waals surface area contributed by atoms with Gasteiger partial charge in [-0.15, -0.1) is 0 Å². The third-order valence-electron chi connectivity index (χ3n) is 8.48. The van der Waals surface area contributed by atoms with Crippen LogP contribution in [0.5, 0.6) is 5.75 Å². The number of hydrogen-bond donors (Lipinski definition) is 0. The standard InChI is InChI=1S/C33H35F2N9O4/c1-23(2)44-32(45)43(22-39-44)31-10-6-26(16-37-31)41-13-11-40(12-14-41)25-4-7-27(8-5-25)46-17-28-18-47-33(48-28,19-42-21-36-20-38-42)29-9-3-24(34)15-30(29)35/h3-10,15-16,20-23,28H,11-14,17-19H2,1-2H3/t28-,33-/m0/s1. The van der Waals surface area contributed by atoms with Gasteiger partial charge in [-0.2, -0.15) is 10.2 Å². The van der Waals surface area contributed by atoms with Gasteiger partial charge in [-0.3, -0.25) is 0 Å². The molecule has 5 heterocycles. The van der Waals surface area contributed by atoms with Gasteiger partial charge in [-0.05, 0) is 62.4 Å². The summed E-state index contributed by atoms with van der Waals surface area (Å²) in [6, 6.07) is 15.0. The van der Waals surface area contributed by atoms with E-state index in [-0.39, 0.29) is 37.1 Å². The second kappa shape index (κ2) is 13.2. The summed E-state index contributed by atoms with van der Waals surface area (Å²) < 4.78 is 51.1. The highest BCUT2D eigenvalue weighted by Crippen LogP contribution is 2.38. The van der Waals surface area contributed by atoms with Crippen molar-refractivity contribution in [2.75, 3.05) is 49.2 Å². The number of piperazine rings is 1. The smallest absolute Gasteiger partial charge is 0.351 e. The van der Waals surface area contributed by atoms with Gasteiger partial charge in [-0.25, -0.2) is 37.5 Å². The molecule has 7 rings (SSSR count). The summed E-state index contributed by atoms with van der Waals surface area (Å²) in [6.45, 7) is 7.44. The van der Waals surface area contributed by atoms with E-state index in [4.69, 9.17) is 14.2 Å². The summed E-state index contributed by atoms with van der Waals surface area (Å²) >= 11 is 0. The van der Waals surface area contributed by atoms with Crippen LogP contribution in [-0.2, 0) is 21.8 Å². The molecule has 2 aromatic carbocycles. The predicted octanol–water partition coefficient (Wildman–Crippen LogP) is 3.55. The zero-order valence-corrected chi connectivity index (χ0v) is 26.5. The number of anilines is 2. The molecule has 48 heavy (non-hydrogen) atoms. The van der Waals surface area contributed by atoms with Crippen LogP contribution >= 0.6 is 0 Å². The second-order valence-corrected chi connectivity index (χ2v) is 12.0. The fourth-order valence-electron chi connectivity index (χ4n) is 5.98. The highest BCUT2D eigenvalue weighted by atomic mass is 19.1. The molecule has 0 spiro atoms. The van der Waals surface area contributed by atoms with Crippen LogP contribution in [0.2, 0.25) is 0 Å². The summed E-state index contributed by atoms with van der Waals surface area (Å²) in [5.74, 6) is -1.78. The average molecular weight is 660 g/mol. The van der Waals surface area contributed by atoms with Gasteiger partial charge in [0.25, 0.3) is 0 Å². The lowest BCUT2D eigenvalue weighted by molar-refractivity contribution is -0.192. The van der Waals surface area contributed by atoms with Crippen LogP contribution in [0.4, 0.5) is 20.2 Å². The van der Waals surface area contributed by atoms with E-state index in [0.717, 1.165) is 43.6 Å². The zero-order chi connectivity index (χ0) is 33.3. The third kappa shape index (κ3) is 6.38. The first kappa shape index (κ1) is 31.4. The third-order valence-corrected chi connectivity index (χ3v) is 8.48. The minimum atomic E-state index is -1.51. The Hall–Kier alpha value is -5.15. The van der Waals surface area contributed by atoms with Crippen LogP contribution in [0.1, 0.15) is 25.5 Å². The van der Waals surface area contributed by atoms with Crippen LogP contribution in [0.15, 0.2) is 84.6 Å². The molecule has 0 N–H and O–H groups in total. The molecular formula is C33H35F2N9O4. The quantitative estimate of drug-likeness (QED) is 0.220. The van der Waals surface area contributed by atoms with Crippen molar-refractivity contribution in [2.24, 2.45) is 0 Å². The molecule has 2 fully saturated rings. The van der Waals surface area contributed by atoms with Gasteiger partial charge in [0.2, 0.25) is 5.79 Å². The Bertz CT molecular complexity index is 1890. The Balaban J connectivity index is 0.929. The summed E-state index contributed by atoms with van der Waals surface area (Å²) in [6.07, 6.45) is 5.63. The lowest BCUT2D eigenvalue weighted by atomic mass is 10.0. The highest BCUT2D eigenvalue weighted by Gasteiger charge is 2.46. The van der Waals surface area contributed by atoms with Crippen LogP contribution < -0.4 is 20.2 Å². The monoisotopic (exact) mass is 659 g/mol.